The lowest BCUT2D eigenvalue weighted by atomic mass is 9.95. The Morgan fingerprint density at radius 1 is 1.09 bits per heavy atom. The Balaban J connectivity index is 1.53. The molecular formula is C25H18BrN3O2S. The fourth-order valence-corrected chi connectivity index (χ4v) is 5.68. The normalized spacial score (nSPS) is 24.7. The molecule has 3 heterocycles. The van der Waals surface area contributed by atoms with Gasteiger partial charge in [0.1, 0.15) is 5.75 Å². The van der Waals surface area contributed by atoms with Gasteiger partial charge in [-0.25, -0.2) is 5.01 Å². The first-order chi connectivity index (χ1) is 15.6. The van der Waals surface area contributed by atoms with E-state index in [1.165, 1.54) is 0 Å². The van der Waals surface area contributed by atoms with Gasteiger partial charge in [-0.2, -0.15) is 5.10 Å². The van der Waals surface area contributed by atoms with Crippen molar-refractivity contribution in [1.82, 2.24) is 10.3 Å². The number of hydrogen-bond acceptors (Lipinski definition) is 5. The molecule has 0 saturated carbocycles. The van der Waals surface area contributed by atoms with E-state index in [2.05, 4.69) is 39.4 Å². The molecule has 3 aromatic carbocycles. The monoisotopic (exact) mass is 503 g/mol. The van der Waals surface area contributed by atoms with Crippen LogP contribution in [0.2, 0.25) is 0 Å². The van der Waals surface area contributed by atoms with Crippen molar-refractivity contribution in [1.29, 1.82) is 0 Å². The average Bonchev–Trinajstić information content (AvgIpc) is 3.39. The van der Waals surface area contributed by atoms with Gasteiger partial charge in [0.15, 0.2) is 0 Å². The van der Waals surface area contributed by atoms with Crippen molar-refractivity contribution < 1.29 is 9.53 Å². The van der Waals surface area contributed by atoms with E-state index in [4.69, 9.17) is 9.84 Å². The summed E-state index contributed by atoms with van der Waals surface area (Å²) in [6, 6.07) is 26.0. The SMILES string of the molecule is O=C1NC2(Oc3ccc(Br)cc3C3CC(c4ccccc4)=NN32)/C(=C/c2ccccc2)S1. The molecule has 2 unspecified atom stereocenters. The summed E-state index contributed by atoms with van der Waals surface area (Å²) in [6.45, 7) is 0. The highest BCUT2D eigenvalue weighted by Gasteiger charge is 2.58. The van der Waals surface area contributed by atoms with Gasteiger partial charge in [-0.15, -0.1) is 0 Å². The van der Waals surface area contributed by atoms with Crippen molar-refractivity contribution in [3.8, 4) is 5.75 Å². The third-order valence-corrected chi connectivity index (χ3v) is 7.23. The lowest BCUT2D eigenvalue weighted by molar-refractivity contribution is -0.0949. The van der Waals surface area contributed by atoms with Gasteiger partial charge in [-0.05, 0) is 47.2 Å². The summed E-state index contributed by atoms with van der Waals surface area (Å²) >= 11 is 4.75. The molecule has 1 N–H and O–H groups in total. The molecule has 1 amide bonds. The van der Waals surface area contributed by atoms with Crippen LogP contribution in [0.15, 0.2) is 93.3 Å². The zero-order chi connectivity index (χ0) is 21.7. The summed E-state index contributed by atoms with van der Waals surface area (Å²) in [4.78, 5) is 13.4. The molecule has 5 nitrogen and oxygen atoms in total. The van der Waals surface area contributed by atoms with Crippen LogP contribution >= 0.6 is 27.7 Å². The van der Waals surface area contributed by atoms with Gasteiger partial charge < -0.3 is 4.74 Å². The minimum Gasteiger partial charge on any atom is -0.444 e. The molecule has 32 heavy (non-hydrogen) atoms. The van der Waals surface area contributed by atoms with Crippen molar-refractivity contribution in [2.45, 2.75) is 18.3 Å². The summed E-state index contributed by atoms with van der Waals surface area (Å²) in [5.41, 5.74) is 4.08. The topological polar surface area (TPSA) is 53.9 Å². The van der Waals surface area contributed by atoms with Gasteiger partial charge in [0, 0.05) is 16.5 Å². The van der Waals surface area contributed by atoms with Gasteiger partial charge >= 0.3 is 5.85 Å². The Bertz CT molecular complexity index is 1280. The first-order valence-corrected chi connectivity index (χ1v) is 11.9. The Morgan fingerprint density at radius 3 is 2.62 bits per heavy atom. The second-order valence-corrected chi connectivity index (χ2v) is 9.77. The largest absolute Gasteiger partial charge is 0.444 e. The van der Waals surface area contributed by atoms with E-state index in [9.17, 15) is 4.79 Å². The maximum Gasteiger partial charge on any atom is 0.314 e. The number of carbonyl (C=O) groups excluding carboxylic acids is 1. The average molecular weight is 504 g/mol. The van der Waals surface area contributed by atoms with E-state index in [0.717, 1.165) is 55.7 Å². The molecule has 0 bridgehead atoms. The Labute approximate surface area is 198 Å². The van der Waals surface area contributed by atoms with Gasteiger partial charge in [0.25, 0.3) is 5.24 Å². The Morgan fingerprint density at radius 2 is 1.84 bits per heavy atom. The number of hydrogen-bond donors (Lipinski definition) is 1. The molecule has 3 aromatic rings. The molecule has 0 radical (unpaired) electrons. The van der Waals surface area contributed by atoms with Crippen LogP contribution in [-0.4, -0.2) is 21.8 Å². The predicted molar refractivity (Wildman–Crippen MR) is 130 cm³/mol. The van der Waals surface area contributed by atoms with Crippen LogP contribution in [0.25, 0.3) is 6.08 Å². The zero-order valence-corrected chi connectivity index (χ0v) is 19.3. The number of halogens is 1. The summed E-state index contributed by atoms with van der Waals surface area (Å²) in [5, 5.41) is 9.86. The number of amides is 1. The van der Waals surface area contributed by atoms with Gasteiger partial charge in [-0.1, -0.05) is 76.6 Å². The molecule has 158 valence electrons. The van der Waals surface area contributed by atoms with Crippen LogP contribution in [0.5, 0.6) is 5.75 Å². The molecule has 1 spiro atoms. The maximum atomic E-state index is 12.7. The highest BCUT2D eigenvalue weighted by molar-refractivity contribution is 9.10. The predicted octanol–water partition coefficient (Wildman–Crippen LogP) is 6.14. The summed E-state index contributed by atoms with van der Waals surface area (Å²) < 4.78 is 7.55. The van der Waals surface area contributed by atoms with Crippen molar-refractivity contribution in [2.24, 2.45) is 5.10 Å². The Hall–Kier alpha value is -3.03. The van der Waals surface area contributed by atoms with E-state index in [0.29, 0.717) is 0 Å². The highest BCUT2D eigenvalue weighted by atomic mass is 79.9. The molecular weight excluding hydrogens is 486 g/mol. The van der Waals surface area contributed by atoms with Crippen molar-refractivity contribution in [3.63, 3.8) is 0 Å². The number of carbonyl (C=O) groups is 1. The lowest BCUT2D eigenvalue weighted by Crippen LogP contribution is -2.61. The fraction of sp³-hybridized carbons (Fsp3) is 0.120. The van der Waals surface area contributed by atoms with E-state index >= 15 is 0 Å². The zero-order valence-electron chi connectivity index (χ0n) is 16.9. The van der Waals surface area contributed by atoms with E-state index < -0.39 is 5.85 Å². The fourth-order valence-electron chi connectivity index (χ4n) is 4.39. The summed E-state index contributed by atoms with van der Waals surface area (Å²) in [5.74, 6) is -0.430. The van der Waals surface area contributed by atoms with E-state index in [1.54, 1.807) is 0 Å². The maximum absolute atomic E-state index is 12.7. The van der Waals surface area contributed by atoms with Gasteiger partial charge in [0.05, 0.1) is 16.7 Å². The second kappa shape index (κ2) is 7.53. The van der Waals surface area contributed by atoms with Crippen LogP contribution in [0.4, 0.5) is 4.79 Å². The Kier molecular flexibility index (Phi) is 4.62. The smallest absolute Gasteiger partial charge is 0.314 e. The quantitative estimate of drug-likeness (QED) is 0.455. The van der Waals surface area contributed by atoms with Crippen LogP contribution in [0.1, 0.15) is 29.2 Å². The van der Waals surface area contributed by atoms with Crippen molar-refractivity contribution >= 4 is 44.7 Å². The number of benzene rings is 3. The first kappa shape index (κ1) is 19.6. The van der Waals surface area contributed by atoms with Crippen LogP contribution in [-0.2, 0) is 0 Å². The lowest BCUT2D eigenvalue weighted by Gasteiger charge is -2.45. The standard InChI is InChI=1S/C25H18BrN3O2S/c26-18-11-12-22-19(14-18)21-15-20(17-9-5-2-6-10-17)28-29(21)25(31-22)23(32-24(30)27-25)13-16-7-3-1-4-8-16/h1-14,21H,15H2,(H,27,30)/b23-13-. The number of ether oxygens (including phenoxy) is 1. The molecule has 7 heteroatoms. The molecule has 1 fully saturated rings. The van der Waals surface area contributed by atoms with Crippen LogP contribution in [0, 0.1) is 0 Å². The molecule has 1 saturated heterocycles. The van der Waals surface area contributed by atoms with Crippen LogP contribution in [0.3, 0.4) is 0 Å². The van der Waals surface area contributed by atoms with Gasteiger partial charge in [0.2, 0.25) is 0 Å². The van der Waals surface area contributed by atoms with Crippen LogP contribution < -0.4 is 10.1 Å². The third kappa shape index (κ3) is 3.15. The summed E-state index contributed by atoms with van der Waals surface area (Å²) in [6.07, 6.45) is 2.72. The van der Waals surface area contributed by atoms with E-state index in [1.807, 2.05) is 71.7 Å². The molecule has 3 aliphatic heterocycles. The highest BCUT2D eigenvalue weighted by Crippen LogP contribution is 2.53. The minimum atomic E-state index is -1.18. The van der Waals surface area contributed by atoms with Crippen molar-refractivity contribution in [2.75, 3.05) is 0 Å². The van der Waals surface area contributed by atoms with E-state index in [-0.39, 0.29) is 11.3 Å². The molecule has 2 atom stereocenters. The molecule has 0 aromatic heterocycles. The number of thioether (sulfide) groups is 1. The second-order valence-electron chi connectivity index (χ2n) is 7.84. The van der Waals surface area contributed by atoms with Crippen molar-refractivity contribution in [3.05, 3.63) is 105 Å². The molecule has 6 rings (SSSR count). The first-order valence-electron chi connectivity index (χ1n) is 10.3. The number of rotatable bonds is 2. The third-order valence-electron chi connectivity index (χ3n) is 5.83. The number of nitrogens with one attached hydrogen (secondary N) is 1. The molecule has 3 aliphatic rings. The number of nitrogens with zero attached hydrogens (tertiary/aromatic N) is 2. The van der Waals surface area contributed by atoms with Gasteiger partial charge in [-0.3, -0.25) is 10.1 Å². The minimum absolute atomic E-state index is 0.0652. The summed E-state index contributed by atoms with van der Waals surface area (Å²) in [7, 11) is 0. The molecule has 0 aliphatic carbocycles. The number of hydrazone groups is 1. The number of fused-ring (bicyclic) bond motifs is 4.